The molecule has 0 spiro atoms. The van der Waals surface area contributed by atoms with Gasteiger partial charge < -0.3 is 15.3 Å². The van der Waals surface area contributed by atoms with Crippen molar-refractivity contribution < 1.29 is 14.7 Å². The van der Waals surface area contributed by atoms with Crippen molar-refractivity contribution >= 4 is 12.0 Å². The second kappa shape index (κ2) is 5.53. The number of likely N-dealkylation sites (N-methyl/N-ethyl adjacent to an activating group) is 1. The molecule has 1 aliphatic rings. The van der Waals surface area contributed by atoms with Crippen molar-refractivity contribution in [2.24, 2.45) is 5.92 Å². The lowest BCUT2D eigenvalue weighted by Gasteiger charge is -2.22. The highest BCUT2D eigenvalue weighted by atomic mass is 16.4. The van der Waals surface area contributed by atoms with Gasteiger partial charge in [-0.3, -0.25) is 0 Å². The molecule has 2 amide bonds. The molecule has 0 saturated heterocycles. The van der Waals surface area contributed by atoms with Crippen molar-refractivity contribution in [1.82, 2.24) is 10.2 Å². The van der Waals surface area contributed by atoms with E-state index in [0.29, 0.717) is 13.1 Å². The van der Waals surface area contributed by atoms with E-state index >= 15 is 0 Å². The second-order valence-electron chi connectivity index (χ2n) is 3.93. The van der Waals surface area contributed by atoms with Crippen LogP contribution >= 0.6 is 0 Å². The van der Waals surface area contributed by atoms with Crippen molar-refractivity contribution in [1.29, 1.82) is 0 Å². The van der Waals surface area contributed by atoms with E-state index in [2.05, 4.69) is 11.9 Å². The average molecular weight is 226 g/mol. The molecule has 1 aliphatic carbocycles. The average Bonchev–Trinajstić information content (AvgIpc) is 3.05. The maximum atomic E-state index is 11.7. The molecular weight excluding hydrogens is 208 g/mol. The number of carbonyl (C=O) groups excluding carboxylic acids is 1. The lowest BCUT2D eigenvalue weighted by Crippen LogP contribution is -2.48. The predicted molar refractivity (Wildman–Crippen MR) is 60.1 cm³/mol. The molecule has 1 fully saturated rings. The Balaban J connectivity index is 2.52. The van der Waals surface area contributed by atoms with Gasteiger partial charge in [-0.15, -0.1) is 6.58 Å². The van der Waals surface area contributed by atoms with Gasteiger partial charge in [0.25, 0.3) is 0 Å². The first-order chi connectivity index (χ1) is 7.60. The van der Waals surface area contributed by atoms with Gasteiger partial charge >= 0.3 is 12.0 Å². The Morgan fingerprint density at radius 2 is 2.25 bits per heavy atom. The number of hydrogen-bond acceptors (Lipinski definition) is 2. The molecule has 5 heteroatoms. The van der Waals surface area contributed by atoms with E-state index in [0.717, 1.165) is 12.8 Å². The molecule has 0 aromatic rings. The molecule has 5 nitrogen and oxygen atoms in total. The van der Waals surface area contributed by atoms with Crippen LogP contribution in [0.2, 0.25) is 0 Å². The first-order valence-corrected chi connectivity index (χ1v) is 5.49. The number of nitrogens with zero attached hydrogens (tertiary/aromatic N) is 1. The van der Waals surface area contributed by atoms with Gasteiger partial charge in [0.15, 0.2) is 0 Å². The highest BCUT2D eigenvalue weighted by Crippen LogP contribution is 2.32. The van der Waals surface area contributed by atoms with Crippen LogP contribution in [0.25, 0.3) is 0 Å². The minimum Gasteiger partial charge on any atom is -0.480 e. The summed E-state index contributed by atoms with van der Waals surface area (Å²) < 4.78 is 0. The van der Waals surface area contributed by atoms with Crippen molar-refractivity contribution in [3.8, 4) is 0 Å². The maximum Gasteiger partial charge on any atom is 0.326 e. The fourth-order valence-corrected chi connectivity index (χ4v) is 1.55. The van der Waals surface area contributed by atoms with Crippen LogP contribution in [0.3, 0.4) is 0 Å². The van der Waals surface area contributed by atoms with Crippen molar-refractivity contribution in [2.75, 3.05) is 13.1 Å². The molecule has 0 aromatic heterocycles. The van der Waals surface area contributed by atoms with Crippen molar-refractivity contribution in [2.45, 2.75) is 25.8 Å². The van der Waals surface area contributed by atoms with E-state index in [9.17, 15) is 9.59 Å². The van der Waals surface area contributed by atoms with Gasteiger partial charge in [0.2, 0.25) is 0 Å². The van der Waals surface area contributed by atoms with Gasteiger partial charge in [-0.05, 0) is 25.7 Å². The molecule has 1 rings (SSSR count). The quantitative estimate of drug-likeness (QED) is 0.665. The Morgan fingerprint density at radius 3 is 2.62 bits per heavy atom. The predicted octanol–water partition coefficient (Wildman–Crippen LogP) is 1.07. The Labute approximate surface area is 95.1 Å². The lowest BCUT2D eigenvalue weighted by atomic mass is 10.2. The minimum absolute atomic E-state index is 0.101. The summed E-state index contributed by atoms with van der Waals surface area (Å²) in [5.41, 5.74) is 0. The summed E-state index contributed by atoms with van der Waals surface area (Å²) in [6.07, 6.45) is 3.38. The molecule has 16 heavy (non-hydrogen) atoms. The molecule has 1 atom stereocenters. The highest BCUT2D eigenvalue weighted by Gasteiger charge is 2.37. The monoisotopic (exact) mass is 226 g/mol. The van der Waals surface area contributed by atoms with Crippen LogP contribution in [0.4, 0.5) is 4.79 Å². The molecular formula is C11H18N2O3. The van der Waals surface area contributed by atoms with E-state index in [1.807, 2.05) is 6.92 Å². The Morgan fingerprint density at radius 1 is 1.62 bits per heavy atom. The zero-order valence-corrected chi connectivity index (χ0v) is 9.48. The summed E-state index contributed by atoms with van der Waals surface area (Å²) >= 11 is 0. The van der Waals surface area contributed by atoms with Crippen LogP contribution in [0.1, 0.15) is 19.8 Å². The largest absolute Gasteiger partial charge is 0.480 e. The minimum atomic E-state index is -0.953. The van der Waals surface area contributed by atoms with Crippen LogP contribution in [0.15, 0.2) is 12.7 Å². The summed E-state index contributed by atoms with van der Waals surface area (Å²) in [6, 6.07) is -1.08. The molecule has 90 valence electrons. The van der Waals surface area contributed by atoms with E-state index in [-0.39, 0.29) is 11.9 Å². The Kier molecular flexibility index (Phi) is 4.34. The van der Waals surface area contributed by atoms with Gasteiger partial charge in [0.05, 0.1) is 0 Å². The van der Waals surface area contributed by atoms with Crippen molar-refractivity contribution in [3.05, 3.63) is 12.7 Å². The van der Waals surface area contributed by atoms with Crippen LogP contribution in [0, 0.1) is 5.92 Å². The highest BCUT2D eigenvalue weighted by molar-refractivity contribution is 5.83. The third-order valence-corrected chi connectivity index (χ3v) is 2.66. The number of carboxylic acid groups (broad SMARTS) is 1. The summed E-state index contributed by atoms with van der Waals surface area (Å²) in [7, 11) is 0. The van der Waals surface area contributed by atoms with Crippen LogP contribution < -0.4 is 5.32 Å². The zero-order valence-electron chi connectivity index (χ0n) is 9.48. The van der Waals surface area contributed by atoms with Gasteiger partial charge in [0, 0.05) is 13.1 Å². The lowest BCUT2D eigenvalue weighted by molar-refractivity contribution is -0.139. The van der Waals surface area contributed by atoms with Crippen LogP contribution in [-0.2, 0) is 4.79 Å². The number of urea groups is 1. The van der Waals surface area contributed by atoms with Gasteiger partial charge in [-0.1, -0.05) is 6.08 Å². The number of nitrogens with one attached hydrogen (secondary N) is 1. The van der Waals surface area contributed by atoms with E-state index in [4.69, 9.17) is 5.11 Å². The second-order valence-corrected chi connectivity index (χ2v) is 3.93. The zero-order chi connectivity index (χ0) is 12.1. The van der Waals surface area contributed by atoms with Gasteiger partial charge in [-0.25, -0.2) is 9.59 Å². The fourth-order valence-electron chi connectivity index (χ4n) is 1.55. The standard InChI is InChI=1S/C11H18N2O3/c1-3-7-13(4-2)11(16)12-9(10(14)15)8-5-6-8/h3,8-9H,1,4-7H2,2H3,(H,12,16)(H,14,15). The third kappa shape index (κ3) is 3.25. The molecule has 0 aromatic carbocycles. The van der Waals surface area contributed by atoms with Gasteiger partial charge in [-0.2, -0.15) is 0 Å². The molecule has 1 saturated carbocycles. The molecule has 0 heterocycles. The van der Waals surface area contributed by atoms with E-state index in [1.165, 1.54) is 4.90 Å². The van der Waals surface area contributed by atoms with Crippen molar-refractivity contribution in [3.63, 3.8) is 0 Å². The van der Waals surface area contributed by atoms with Crippen LogP contribution in [-0.4, -0.2) is 41.1 Å². The Bertz CT molecular complexity index is 287. The Hall–Kier alpha value is -1.52. The first-order valence-electron chi connectivity index (χ1n) is 5.49. The van der Waals surface area contributed by atoms with E-state index < -0.39 is 12.0 Å². The number of carboxylic acids is 1. The fraction of sp³-hybridized carbons (Fsp3) is 0.636. The number of aliphatic carboxylic acids is 1. The number of amides is 2. The summed E-state index contributed by atoms with van der Waals surface area (Å²) in [4.78, 5) is 24.2. The molecule has 0 radical (unpaired) electrons. The summed E-state index contributed by atoms with van der Waals surface area (Å²) in [6.45, 7) is 6.36. The molecule has 1 unspecified atom stereocenters. The summed E-state index contributed by atoms with van der Waals surface area (Å²) in [5, 5.41) is 11.5. The maximum absolute atomic E-state index is 11.7. The van der Waals surface area contributed by atoms with Crippen LogP contribution in [0.5, 0.6) is 0 Å². The number of carbonyl (C=O) groups is 2. The molecule has 2 N–H and O–H groups in total. The first kappa shape index (κ1) is 12.5. The smallest absolute Gasteiger partial charge is 0.326 e. The van der Waals surface area contributed by atoms with E-state index in [1.54, 1.807) is 6.08 Å². The normalized spacial score (nSPS) is 16.3. The van der Waals surface area contributed by atoms with Gasteiger partial charge in [0.1, 0.15) is 6.04 Å². The SMILES string of the molecule is C=CCN(CC)C(=O)NC(C(=O)O)C1CC1. The molecule has 0 aliphatic heterocycles. The topological polar surface area (TPSA) is 69.6 Å². The summed E-state index contributed by atoms with van der Waals surface area (Å²) in [5.74, 6) is -0.852. The number of hydrogen-bond donors (Lipinski definition) is 2. The molecule has 0 bridgehead atoms. The third-order valence-electron chi connectivity index (χ3n) is 2.66. The number of rotatable bonds is 6.